The standard InChI is InChI=1S/C13H11BO3/c1-15-11-8-5-9-12-13(11)17-14(16-12)10-6-3-2-4-7-10/h2-9H,1H3. The number of hydrogen-bond donors (Lipinski definition) is 0. The van der Waals surface area contributed by atoms with Crippen molar-refractivity contribution in [2.75, 3.05) is 7.11 Å². The first kappa shape index (κ1) is 10.1. The summed E-state index contributed by atoms with van der Waals surface area (Å²) in [5.41, 5.74) is 0.991. The Kier molecular flexibility index (Phi) is 2.40. The van der Waals surface area contributed by atoms with E-state index in [1.165, 1.54) is 0 Å². The van der Waals surface area contributed by atoms with Crippen molar-refractivity contribution in [3.8, 4) is 17.2 Å². The third-order valence-corrected chi connectivity index (χ3v) is 2.69. The molecule has 3 rings (SSSR count). The summed E-state index contributed by atoms with van der Waals surface area (Å²) < 4.78 is 16.7. The minimum absolute atomic E-state index is 0.387. The summed E-state index contributed by atoms with van der Waals surface area (Å²) in [5, 5.41) is 0. The van der Waals surface area contributed by atoms with Crippen LogP contribution in [0.1, 0.15) is 0 Å². The van der Waals surface area contributed by atoms with Crippen LogP contribution in [0.25, 0.3) is 0 Å². The van der Waals surface area contributed by atoms with E-state index in [0.717, 1.165) is 11.2 Å². The third kappa shape index (κ3) is 1.71. The molecule has 0 N–H and O–H groups in total. The molecule has 1 aliphatic heterocycles. The van der Waals surface area contributed by atoms with Gasteiger partial charge in [-0.1, -0.05) is 36.4 Å². The second-order valence-electron chi connectivity index (χ2n) is 3.77. The quantitative estimate of drug-likeness (QED) is 0.731. The van der Waals surface area contributed by atoms with Gasteiger partial charge >= 0.3 is 7.12 Å². The average molecular weight is 226 g/mol. The number of rotatable bonds is 2. The van der Waals surface area contributed by atoms with Crippen molar-refractivity contribution in [2.45, 2.75) is 0 Å². The van der Waals surface area contributed by atoms with E-state index in [-0.39, 0.29) is 7.12 Å². The van der Waals surface area contributed by atoms with E-state index in [4.69, 9.17) is 14.0 Å². The smallest absolute Gasteiger partial charge is 0.519 e. The van der Waals surface area contributed by atoms with Crippen molar-refractivity contribution in [1.29, 1.82) is 0 Å². The molecule has 84 valence electrons. The second kappa shape index (κ2) is 4.05. The Hall–Kier alpha value is -2.10. The molecule has 0 bridgehead atoms. The van der Waals surface area contributed by atoms with Crippen molar-refractivity contribution < 1.29 is 14.0 Å². The summed E-state index contributed by atoms with van der Waals surface area (Å²) in [6, 6.07) is 15.5. The molecule has 0 aromatic heterocycles. The zero-order valence-electron chi connectivity index (χ0n) is 9.42. The van der Waals surface area contributed by atoms with Crippen molar-refractivity contribution in [3.63, 3.8) is 0 Å². The lowest BCUT2D eigenvalue weighted by Crippen LogP contribution is -2.38. The monoisotopic (exact) mass is 226 g/mol. The first-order valence-electron chi connectivity index (χ1n) is 5.44. The molecular formula is C13H11BO3. The van der Waals surface area contributed by atoms with E-state index >= 15 is 0 Å². The predicted molar refractivity (Wildman–Crippen MR) is 66.1 cm³/mol. The van der Waals surface area contributed by atoms with Crippen LogP contribution in [0.4, 0.5) is 0 Å². The maximum Gasteiger partial charge on any atom is 0.632 e. The van der Waals surface area contributed by atoms with Gasteiger partial charge in [-0.05, 0) is 12.1 Å². The molecule has 3 nitrogen and oxygen atoms in total. The first-order chi connectivity index (χ1) is 8.38. The summed E-state index contributed by atoms with van der Waals surface area (Å²) in [4.78, 5) is 0. The SMILES string of the molecule is COc1cccc2c1OB(c1ccccc1)O2. The summed E-state index contributed by atoms with van der Waals surface area (Å²) in [7, 11) is 1.23. The average Bonchev–Trinajstić information content (AvgIpc) is 2.83. The van der Waals surface area contributed by atoms with Gasteiger partial charge in [0.05, 0.1) is 7.11 Å². The molecule has 0 radical (unpaired) electrons. The zero-order chi connectivity index (χ0) is 11.7. The molecular weight excluding hydrogens is 215 g/mol. The highest BCUT2D eigenvalue weighted by atomic mass is 16.6. The van der Waals surface area contributed by atoms with Crippen LogP contribution < -0.4 is 19.5 Å². The first-order valence-corrected chi connectivity index (χ1v) is 5.44. The molecule has 0 aliphatic carbocycles. The Morgan fingerprint density at radius 1 is 0.941 bits per heavy atom. The number of ether oxygens (including phenoxy) is 1. The number of hydrogen-bond acceptors (Lipinski definition) is 3. The maximum absolute atomic E-state index is 5.77. The molecule has 0 saturated heterocycles. The third-order valence-electron chi connectivity index (χ3n) is 2.69. The lowest BCUT2D eigenvalue weighted by molar-refractivity contribution is 0.397. The van der Waals surface area contributed by atoms with Crippen molar-refractivity contribution >= 4 is 12.6 Å². The van der Waals surface area contributed by atoms with Gasteiger partial charge in [-0.3, -0.25) is 0 Å². The molecule has 0 saturated carbocycles. The largest absolute Gasteiger partial charge is 0.632 e. The van der Waals surface area contributed by atoms with E-state index in [1.807, 2.05) is 48.5 Å². The van der Waals surface area contributed by atoms with E-state index in [2.05, 4.69) is 0 Å². The van der Waals surface area contributed by atoms with Crippen LogP contribution in [-0.2, 0) is 0 Å². The van der Waals surface area contributed by atoms with Gasteiger partial charge in [0.1, 0.15) is 5.75 Å². The van der Waals surface area contributed by atoms with E-state index in [0.29, 0.717) is 11.5 Å². The molecule has 2 aromatic carbocycles. The van der Waals surface area contributed by atoms with Gasteiger partial charge in [0, 0.05) is 5.46 Å². The number of methoxy groups -OCH3 is 1. The molecule has 2 aromatic rings. The predicted octanol–water partition coefficient (Wildman–Crippen LogP) is 1.86. The van der Waals surface area contributed by atoms with Gasteiger partial charge in [0.2, 0.25) is 0 Å². The molecule has 0 unspecified atom stereocenters. The fourth-order valence-corrected chi connectivity index (χ4v) is 1.86. The lowest BCUT2D eigenvalue weighted by atomic mass is 9.79. The van der Waals surface area contributed by atoms with Gasteiger partial charge in [0.15, 0.2) is 11.5 Å². The molecule has 0 spiro atoms. The fraction of sp³-hybridized carbons (Fsp3) is 0.0769. The van der Waals surface area contributed by atoms with Crippen LogP contribution >= 0.6 is 0 Å². The van der Waals surface area contributed by atoms with Crippen LogP contribution in [0.3, 0.4) is 0 Å². The van der Waals surface area contributed by atoms with Crippen LogP contribution in [0.2, 0.25) is 0 Å². The Morgan fingerprint density at radius 2 is 1.76 bits per heavy atom. The van der Waals surface area contributed by atoms with Crippen LogP contribution in [0.5, 0.6) is 17.2 Å². The zero-order valence-corrected chi connectivity index (χ0v) is 9.42. The minimum atomic E-state index is -0.387. The number of benzene rings is 2. The van der Waals surface area contributed by atoms with Gasteiger partial charge in [-0.25, -0.2) is 0 Å². The molecule has 0 fully saturated rings. The van der Waals surface area contributed by atoms with Crippen molar-refractivity contribution in [3.05, 3.63) is 48.5 Å². The summed E-state index contributed by atoms with van der Waals surface area (Å²) >= 11 is 0. The Bertz CT molecular complexity index is 527. The summed E-state index contributed by atoms with van der Waals surface area (Å²) in [6.45, 7) is 0. The number of para-hydroxylation sites is 1. The van der Waals surface area contributed by atoms with Crippen LogP contribution in [-0.4, -0.2) is 14.2 Å². The topological polar surface area (TPSA) is 27.7 Å². The van der Waals surface area contributed by atoms with E-state index in [1.54, 1.807) is 7.11 Å². The highest BCUT2D eigenvalue weighted by Crippen LogP contribution is 2.41. The van der Waals surface area contributed by atoms with Crippen molar-refractivity contribution in [1.82, 2.24) is 0 Å². The summed E-state index contributed by atoms with van der Waals surface area (Å²) in [6.07, 6.45) is 0. The molecule has 1 aliphatic rings. The Labute approximate surface area is 100 Å². The minimum Gasteiger partial charge on any atom is -0.519 e. The van der Waals surface area contributed by atoms with Crippen LogP contribution in [0, 0.1) is 0 Å². The molecule has 4 heteroatoms. The second-order valence-corrected chi connectivity index (χ2v) is 3.77. The maximum atomic E-state index is 5.77. The Balaban J connectivity index is 1.93. The summed E-state index contributed by atoms with van der Waals surface area (Å²) in [5.74, 6) is 2.09. The lowest BCUT2D eigenvalue weighted by Gasteiger charge is -2.05. The van der Waals surface area contributed by atoms with Gasteiger partial charge in [-0.15, -0.1) is 0 Å². The Morgan fingerprint density at radius 3 is 2.53 bits per heavy atom. The van der Waals surface area contributed by atoms with Gasteiger partial charge in [-0.2, -0.15) is 0 Å². The van der Waals surface area contributed by atoms with Crippen LogP contribution in [0.15, 0.2) is 48.5 Å². The van der Waals surface area contributed by atoms with E-state index < -0.39 is 0 Å². The van der Waals surface area contributed by atoms with Crippen molar-refractivity contribution in [2.24, 2.45) is 0 Å². The van der Waals surface area contributed by atoms with Gasteiger partial charge in [0.25, 0.3) is 0 Å². The highest BCUT2D eigenvalue weighted by molar-refractivity contribution is 6.63. The van der Waals surface area contributed by atoms with Gasteiger partial charge < -0.3 is 14.0 Å². The molecule has 17 heavy (non-hydrogen) atoms. The normalized spacial score (nSPS) is 12.6. The number of fused-ring (bicyclic) bond motifs is 1. The molecule has 0 amide bonds. The molecule has 1 heterocycles. The molecule has 0 atom stereocenters. The fourth-order valence-electron chi connectivity index (χ4n) is 1.86. The highest BCUT2D eigenvalue weighted by Gasteiger charge is 2.35. The van der Waals surface area contributed by atoms with E-state index in [9.17, 15) is 0 Å².